The second-order valence-electron chi connectivity index (χ2n) is 5.97. The number of furan rings is 1. The van der Waals surface area contributed by atoms with Crippen molar-refractivity contribution in [1.82, 2.24) is 0 Å². The zero-order chi connectivity index (χ0) is 23.4. The van der Waals surface area contributed by atoms with E-state index in [0.29, 0.717) is 12.1 Å². The van der Waals surface area contributed by atoms with E-state index in [9.17, 15) is 36.2 Å². The van der Waals surface area contributed by atoms with Gasteiger partial charge in [-0.25, -0.2) is 0 Å². The van der Waals surface area contributed by atoms with Crippen molar-refractivity contribution in [3.8, 4) is 17.4 Å². The molecule has 0 amide bonds. The van der Waals surface area contributed by atoms with Crippen molar-refractivity contribution in [1.29, 1.82) is 5.26 Å². The first-order valence-corrected chi connectivity index (χ1v) is 10.3. The molecule has 0 spiro atoms. The molecule has 0 fully saturated rings. The maximum Gasteiger partial charge on any atom is 0.416 e. The fourth-order valence-corrected chi connectivity index (χ4v) is 3.95. The van der Waals surface area contributed by atoms with Gasteiger partial charge >= 0.3 is 19.9 Å². The van der Waals surface area contributed by atoms with E-state index in [1.54, 1.807) is 6.07 Å². The number of allylic oxidation sites excluding steroid dienone is 1. The second-order valence-corrected chi connectivity index (χ2v) is 7.96. The van der Waals surface area contributed by atoms with Gasteiger partial charge in [-0.05, 0) is 44.2 Å². The van der Waals surface area contributed by atoms with E-state index in [1.807, 2.05) is 0 Å². The fourth-order valence-electron chi connectivity index (χ4n) is 2.51. The zero-order valence-corrected chi connectivity index (χ0v) is 17.1. The third-order valence-corrected chi connectivity index (χ3v) is 5.80. The highest BCUT2D eigenvalue weighted by Crippen LogP contribution is 2.56. The number of hydrogen-bond acceptors (Lipinski definition) is 5. The Hall–Kier alpha value is -2.54. The summed E-state index contributed by atoms with van der Waals surface area (Å²) >= 11 is 0. The quantitative estimate of drug-likeness (QED) is 0.246. The number of alkyl halides is 6. The SMILES string of the molecule is CCOP(=O)(OCC)/C(C#N)=C\c1ccc(-c2cc(C(F)(F)F)cc(C(F)(F)F)c2)o1. The number of halogens is 6. The molecule has 5 nitrogen and oxygen atoms in total. The van der Waals surface area contributed by atoms with E-state index in [4.69, 9.17) is 13.5 Å². The molecule has 0 N–H and O–H groups in total. The van der Waals surface area contributed by atoms with Crippen LogP contribution in [-0.4, -0.2) is 13.2 Å². The third kappa shape index (κ3) is 6.00. The molecule has 12 heteroatoms. The lowest BCUT2D eigenvalue weighted by Gasteiger charge is -2.15. The molecule has 0 saturated heterocycles. The molecule has 2 aromatic rings. The molecule has 0 radical (unpaired) electrons. The van der Waals surface area contributed by atoms with Gasteiger partial charge in [0.05, 0.1) is 24.3 Å². The molecular formula is C19H16F6NO4P. The number of rotatable bonds is 7. The summed E-state index contributed by atoms with van der Waals surface area (Å²) in [7, 11) is -3.98. The zero-order valence-electron chi connectivity index (χ0n) is 16.2. The summed E-state index contributed by atoms with van der Waals surface area (Å²) in [4.78, 5) is 0. The van der Waals surface area contributed by atoms with Crippen LogP contribution in [-0.2, 0) is 26.0 Å². The van der Waals surface area contributed by atoms with Gasteiger partial charge in [0.2, 0.25) is 0 Å². The van der Waals surface area contributed by atoms with Crippen molar-refractivity contribution < 1.29 is 44.4 Å². The van der Waals surface area contributed by atoms with Gasteiger partial charge in [-0.15, -0.1) is 0 Å². The molecule has 31 heavy (non-hydrogen) atoms. The van der Waals surface area contributed by atoms with Crippen molar-refractivity contribution in [2.75, 3.05) is 13.2 Å². The highest BCUT2D eigenvalue weighted by atomic mass is 31.2. The van der Waals surface area contributed by atoms with E-state index < -0.39 is 42.0 Å². The summed E-state index contributed by atoms with van der Waals surface area (Å²) < 4.78 is 106. The molecule has 0 unspecified atom stereocenters. The van der Waals surface area contributed by atoms with E-state index in [1.165, 1.54) is 19.9 Å². The van der Waals surface area contributed by atoms with E-state index >= 15 is 0 Å². The molecule has 2 rings (SSSR count). The van der Waals surface area contributed by atoms with E-state index in [0.717, 1.165) is 12.1 Å². The van der Waals surface area contributed by atoms with E-state index in [2.05, 4.69) is 0 Å². The largest absolute Gasteiger partial charge is 0.457 e. The second kappa shape index (κ2) is 9.30. The lowest BCUT2D eigenvalue weighted by Crippen LogP contribution is -2.11. The van der Waals surface area contributed by atoms with Gasteiger partial charge in [-0.1, -0.05) is 0 Å². The van der Waals surface area contributed by atoms with Crippen LogP contribution in [0, 0.1) is 11.3 Å². The van der Waals surface area contributed by atoms with E-state index in [-0.39, 0.29) is 30.8 Å². The minimum atomic E-state index is -5.01. The monoisotopic (exact) mass is 467 g/mol. The van der Waals surface area contributed by atoms with Gasteiger partial charge < -0.3 is 13.5 Å². The van der Waals surface area contributed by atoms with Crippen molar-refractivity contribution in [3.05, 3.63) is 52.5 Å². The normalized spacial score (nSPS) is 13.3. The average molecular weight is 467 g/mol. The van der Waals surface area contributed by atoms with Crippen LogP contribution in [0.1, 0.15) is 30.7 Å². The Balaban J connectivity index is 2.54. The van der Waals surface area contributed by atoms with Crippen molar-refractivity contribution in [2.24, 2.45) is 0 Å². The molecule has 0 saturated carbocycles. The molecule has 0 atom stereocenters. The topological polar surface area (TPSA) is 72.5 Å². The Morgan fingerprint density at radius 3 is 1.97 bits per heavy atom. The summed E-state index contributed by atoms with van der Waals surface area (Å²) in [5, 5.41) is 8.88. The molecular weight excluding hydrogens is 451 g/mol. The molecule has 0 aliphatic rings. The van der Waals surface area contributed by atoms with Crippen LogP contribution in [0.2, 0.25) is 0 Å². The molecule has 168 valence electrons. The Labute approximate surface area is 173 Å². The first-order valence-electron chi connectivity index (χ1n) is 8.75. The first kappa shape index (κ1) is 24.7. The Morgan fingerprint density at radius 2 is 1.55 bits per heavy atom. The molecule has 0 aliphatic heterocycles. The first-order chi connectivity index (χ1) is 14.3. The Morgan fingerprint density at radius 1 is 1.03 bits per heavy atom. The molecule has 0 bridgehead atoms. The predicted molar refractivity (Wildman–Crippen MR) is 98.6 cm³/mol. The van der Waals surface area contributed by atoms with Gasteiger partial charge in [0.15, 0.2) is 0 Å². The Bertz CT molecular complexity index is 1010. The molecule has 1 aromatic carbocycles. The standard InChI is InChI=1S/C19H16F6NO4P/c1-3-28-31(27,29-4-2)16(11-26)10-15-5-6-17(30-15)12-7-13(18(20,21)22)9-14(8-12)19(23,24)25/h5-10H,3-4H2,1-2H3/b16-10-. The molecule has 0 aliphatic carbocycles. The van der Waals surface area contributed by atoms with Crippen LogP contribution in [0.15, 0.2) is 40.1 Å². The minimum absolute atomic E-state index is 0.00147. The van der Waals surface area contributed by atoms with Gasteiger partial charge in [-0.3, -0.25) is 4.57 Å². The highest BCUT2D eigenvalue weighted by molar-refractivity contribution is 7.59. The third-order valence-electron chi connectivity index (χ3n) is 3.79. The lowest BCUT2D eigenvalue weighted by atomic mass is 10.0. The van der Waals surface area contributed by atoms with Gasteiger partial charge in [0, 0.05) is 11.6 Å². The Kier molecular flexibility index (Phi) is 7.42. The van der Waals surface area contributed by atoms with Crippen LogP contribution in [0.25, 0.3) is 17.4 Å². The summed E-state index contributed by atoms with van der Waals surface area (Å²) in [6.07, 6.45) is -9.03. The van der Waals surface area contributed by atoms with Crippen LogP contribution in [0.4, 0.5) is 26.3 Å². The maximum absolute atomic E-state index is 13.0. The van der Waals surface area contributed by atoms with Gasteiger partial charge in [-0.2, -0.15) is 31.6 Å². The van der Waals surface area contributed by atoms with Gasteiger partial charge in [0.25, 0.3) is 0 Å². The van der Waals surface area contributed by atoms with Crippen LogP contribution >= 0.6 is 7.60 Å². The maximum atomic E-state index is 13.0. The smallest absolute Gasteiger partial charge is 0.416 e. The van der Waals surface area contributed by atoms with Gasteiger partial charge in [0.1, 0.15) is 22.9 Å². The number of nitrogens with zero attached hydrogens (tertiary/aromatic N) is 1. The average Bonchev–Trinajstić information content (AvgIpc) is 3.13. The summed E-state index contributed by atoms with van der Waals surface area (Å²) in [6.45, 7) is 2.98. The summed E-state index contributed by atoms with van der Waals surface area (Å²) in [6, 6.07) is 5.01. The number of benzene rings is 1. The number of hydrogen-bond donors (Lipinski definition) is 0. The van der Waals surface area contributed by atoms with Crippen LogP contribution < -0.4 is 0 Å². The van der Waals surface area contributed by atoms with Crippen molar-refractivity contribution in [3.63, 3.8) is 0 Å². The van der Waals surface area contributed by atoms with Crippen LogP contribution in [0.3, 0.4) is 0 Å². The summed E-state index contributed by atoms with van der Waals surface area (Å²) in [5.41, 5.74) is -3.47. The number of nitriles is 1. The predicted octanol–water partition coefficient (Wildman–Crippen LogP) is 7.11. The van der Waals surface area contributed by atoms with Crippen molar-refractivity contribution >= 4 is 13.7 Å². The minimum Gasteiger partial charge on any atom is -0.457 e. The molecule has 1 aromatic heterocycles. The van der Waals surface area contributed by atoms with Crippen molar-refractivity contribution in [2.45, 2.75) is 26.2 Å². The highest BCUT2D eigenvalue weighted by Gasteiger charge is 2.37. The lowest BCUT2D eigenvalue weighted by molar-refractivity contribution is -0.143. The fraction of sp³-hybridized carbons (Fsp3) is 0.316. The van der Waals surface area contributed by atoms with Crippen LogP contribution in [0.5, 0.6) is 0 Å². The molecule has 1 heterocycles. The summed E-state index contributed by atoms with van der Waals surface area (Å²) in [5.74, 6) is -0.458.